The first-order chi connectivity index (χ1) is 10.3. The van der Waals surface area contributed by atoms with Gasteiger partial charge in [-0.15, -0.1) is 0 Å². The first kappa shape index (κ1) is 14.3. The monoisotopic (exact) mass is 297 g/mol. The summed E-state index contributed by atoms with van der Waals surface area (Å²) in [6.07, 6.45) is 1.18. The van der Waals surface area contributed by atoms with Gasteiger partial charge < -0.3 is 13.9 Å². The largest absolute Gasteiger partial charge is 0.494 e. The van der Waals surface area contributed by atoms with Crippen molar-refractivity contribution in [2.24, 2.45) is 5.92 Å². The van der Waals surface area contributed by atoms with E-state index in [0.717, 1.165) is 17.9 Å². The topological polar surface area (TPSA) is 23.4 Å². The van der Waals surface area contributed by atoms with Crippen molar-refractivity contribution in [3.05, 3.63) is 30.0 Å². The molecule has 0 radical (unpaired) electrons. The average Bonchev–Trinajstić information content (AvgIpc) is 2.98. The first-order valence-corrected chi connectivity index (χ1v) is 8.24. The van der Waals surface area contributed by atoms with Crippen LogP contribution in [0.5, 0.6) is 0 Å². The Morgan fingerprint density at radius 2 is 1.77 bits per heavy atom. The predicted molar refractivity (Wildman–Crippen MR) is 90.5 cm³/mol. The van der Waals surface area contributed by atoms with Crippen molar-refractivity contribution in [3.63, 3.8) is 0 Å². The van der Waals surface area contributed by atoms with Gasteiger partial charge in [-0.05, 0) is 63.0 Å². The van der Waals surface area contributed by atoms with Gasteiger partial charge in [0.1, 0.15) is 0 Å². The highest BCUT2D eigenvalue weighted by Gasteiger charge is 2.51. The molecule has 3 heterocycles. The van der Waals surface area contributed by atoms with Crippen LogP contribution in [0, 0.1) is 5.92 Å². The van der Waals surface area contributed by atoms with Gasteiger partial charge in [-0.1, -0.05) is 19.1 Å². The fraction of sp³-hybridized carbons (Fsp3) is 0.556. The standard InChI is InChI=1S/C18H24BNO2/c1-12-8-15-10-13-9-14(6-7-16(13)20(15)11-12)19-21-17(2,3)18(4,5)22-19/h6-7,9-10,12H,8,11H2,1-5H3. The second kappa shape index (κ2) is 4.39. The number of hydrogen-bond acceptors (Lipinski definition) is 2. The van der Waals surface area contributed by atoms with E-state index in [1.165, 1.54) is 23.0 Å². The third-order valence-electron chi connectivity index (χ3n) is 5.59. The molecule has 0 amide bonds. The van der Waals surface area contributed by atoms with Crippen molar-refractivity contribution in [2.45, 2.75) is 58.8 Å². The Morgan fingerprint density at radius 3 is 2.45 bits per heavy atom. The van der Waals surface area contributed by atoms with E-state index in [1.807, 2.05) is 0 Å². The molecule has 1 unspecified atom stereocenters. The maximum absolute atomic E-state index is 6.16. The Bertz CT molecular complexity index is 731. The minimum absolute atomic E-state index is 0.275. The second-order valence-electron chi connectivity index (χ2n) is 7.96. The van der Waals surface area contributed by atoms with Crippen molar-refractivity contribution in [1.29, 1.82) is 0 Å². The quantitative estimate of drug-likeness (QED) is 0.755. The number of aromatic nitrogens is 1. The Morgan fingerprint density at radius 1 is 1.09 bits per heavy atom. The van der Waals surface area contributed by atoms with Crippen molar-refractivity contribution < 1.29 is 9.31 Å². The third-order valence-corrected chi connectivity index (χ3v) is 5.59. The zero-order chi connectivity index (χ0) is 15.7. The van der Waals surface area contributed by atoms with Gasteiger partial charge >= 0.3 is 7.12 Å². The highest BCUT2D eigenvalue weighted by atomic mass is 16.7. The van der Waals surface area contributed by atoms with E-state index >= 15 is 0 Å². The molecule has 4 rings (SSSR count). The summed E-state index contributed by atoms with van der Waals surface area (Å²) < 4.78 is 14.8. The molecule has 0 N–H and O–H groups in total. The molecule has 22 heavy (non-hydrogen) atoms. The fourth-order valence-electron chi connectivity index (χ4n) is 3.59. The van der Waals surface area contributed by atoms with Gasteiger partial charge in [-0.2, -0.15) is 0 Å². The highest BCUT2D eigenvalue weighted by Crippen LogP contribution is 2.37. The molecule has 3 nitrogen and oxygen atoms in total. The summed E-state index contributed by atoms with van der Waals surface area (Å²) >= 11 is 0. The Labute approximate surface area is 132 Å². The molecule has 0 spiro atoms. The van der Waals surface area contributed by atoms with Crippen molar-refractivity contribution in [1.82, 2.24) is 4.57 Å². The van der Waals surface area contributed by atoms with Crippen LogP contribution in [0.15, 0.2) is 24.3 Å². The molecule has 2 aromatic rings. The van der Waals surface area contributed by atoms with E-state index in [-0.39, 0.29) is 18.3 Å². The lowest BCUT2D eigenvalue weighted by molar-refractivity contribution is 0.00578. The number of hydrogen-bond donors (Lipinski definition) is 0. The second-order valence-corrected chi connectivity index (χ2v) is 7.96. The van der Waals surface area contributed by atoms with Crippen LogP contribution in [0.3, 0.4) is 0 Å². The van der Waals surface area contributed by atoms with E-state index in [1.54, 1.807) is 0 Å². The lowest BCUT2D eigenvalue weighted by atomic mass is 9.78. The van der Waals surface area contributed by atoms with E-state index in [0.29, 0.717) is 0 Å². The minimum Gasteiger partial charge on any atom is -0.399 e. The number of benzene rings is 1. The van der Waals surface area contributed by atoms with E-state index in [9.17, 15) is 0 Å². The molecular weight excluding hydrogens is 273 g/mol. The van der Waals surface area contributed by atoms with Crippen molar-refractivity contribution in [3.8, 4) is 0 Å². The maximum Gasteiger partial charge on any atom is 0.494 e. The fourth-order valence-corrected chi connectivity index (χ4v) is 3.59. The molecule has 2 aliphatic heterocycles. The van der Waals surface area contributed by atoms with Gasteiger partial charge in [0.2, 0.25) is 0 Å². The molecule has 1 aromatic heterocycles. The molecule has 0 saturated carbocycles. The number of nitrogens with zero attached hydrogens (tertiary/aromatic N) is 1. The van der Waals surface area contributed by atoms with E-state index < -0.39 is 0 Å². The van der Waals surface area contributed by atoms with Crippen molar-refractivity contribution >= 4 is 23.5 Å². The molecule has 4 heteroatoms. The SMILES string of the molecule is CC1Cc2cc3cc(B4OC(C)(C)C(C)(C)O4)ccc3n2C1. The first-order valence-electron chi connectivity index (χ1n) is 8.24. The van der Waals surface area contributed by atoms with Crippen molar-refractivity contribution in [2.75, 3.05) is 0 Å². The van der Waals surface area contributed by atoms with Crippen LogP contribution in [-0.2, 0) is 22.3 Å². The van der Waals surface area contributed by atoms with Gasteiger partial charge in [-0.25, -0.2) is 0 Å². The summed E-state index contributed by atoms with van der Waals surface area (Å²) in [5, 5.41) is 1.30. The summed E-state index contributed by atoms with van der Waals surface area (Å²) in [7, 11) is -0.275. The summed E-state index contributed by atoms with van der Waals surface area (Å²) in [5.74, 6) is 0.752. The summed E-state index contributed by atoms with van der Waals surface area (Å²) in [6.45, 7) is 11.8. The van der Waals surface area contributed by atoms with Crippen LogP contribution < -0.4 is 5.46 Å². The Kier molecular flexibility index (Phi) is 2.86. The van der Waals surface area contributed by atoms with E-state index in [2.05, 4.69) is 63.5 Å². The van der Waals surface area contributed by atoms with Gasteiger partial charge in [0.15, 0.2) is 0 Å². The van der Waals surface area contributed by atoms with Crippen LogP contribution in [0.4, 0.5) is 0 Å². The van der Waals surface area contributed by atoms with Gasteiger partial charge in [-0.3, -0.25) is 0 Å². The summed E-state index contributed by atoms with van der Waals surface area (Å²) in [4.78, 5) is 0. The Balaban J connectivity index is 1.70. The minimum atomic E-state index is -0.287. The number of rotatable bonds is 1. The normalized spacial score (nSPS) is 25.9. The van der Waals surface area contributed by atoms with Gasteiger partial charge in [0, 0.05) is 17.8 Å². The zero-order valence-electron chi connectivity index (χ0n) is 14.1. The smallest absolute Gasteiger partial charge is 0.399 e. The molecule has 116 valence electrons. The molecule has 1 fully saturated rings. The van der Waals surface area contributed by atoms with Crippen LogP contribution in [0.2, 0.25) is 0 Å². The lowest BCUT2D eigenvalue weighted by Crippen LogP contribution is -2.41. The molecule has 1 saturated heterocycles. The number of fused-ring (bicyclic) bond motifs is 3. The van der Waals surface area contributed by atoms with Gasteiger partial charge in [0.05, 0.1) is 11.2 Å². The van der Waals surface area contributed by atoms with Crippen LogP contribution in [0.1, 0.15) is 40.3 Å². The van der Waals surface area contributed by atoms with Crippen LogP contribution >= 0.6 is 0 Å². The third kappa shape index (κ3) is 1.97. The zero-order valence-corrected chi connectivity index (χ0v) is 14.1. The average molecular weight is 297 g/mol. The van der Waals surface area contributed by atoms with Crippen LogP contribution in [0.25, 0.3) is 10.9 Å². The predicted octanol–water partition coefficient (Wildman–Crippen LogP) is 3.13. The molecule has 0 aliphatic carbocycles. The molecule has 1 aromatic carbocycles. The van der Waals surface area contributed by atoms with E-state index in [4.69, 9.17) is 9.31 Å². The molecule has 0 bridgehead atoms. The molecule has 1 atom stereocenters. The summed E-state index contributed by atoms with van der Waals surface area (Å²) in [6, 6.07) is 8.93. The highest BCUT2D eigenvalue weighted by molar-refractivity contribution is 6.62. The lowest BCUT2D eigenvalue weighted by Gasteiger charge is -2.32. The molecule has 2 aliphatic rings. The maximum atomic E-state index is 6.16. The molecular formula is C18H24BNO2. The summed E-state index contributed by atoms with van der Waals surface area (Å²) in [5.41, 5.74) is 3.33. The Hall–Kier alpha value is -1.26. The van der Waals surface area contributed by atoms with Crippen LogP contribution in [-0.4, -0.2) is 22.9 Å². The van der Waals surface area contributed by atoms with Gasteiger partial charge in [0.25, 0.3) is 0 Å².